The van der Waals surface area contributed by atoms with Crippen LogP contribution < -0.4 is 10.1 Å². The third-order valence-corrected chi connectivity index (χ3v) is 6.51. The summed E-state index contributed by atoms with van der Waals surface area (Å²) in [6.07, 6.45) is 0. The maximum atomic E-state index is 13.8. The van der Waals surface area contributed by atoms with E-state index in [0.29, 0.717) is 13.1 Å². The minimum absolute atomic E-state index is 0.349. The van der Waals surface area contributed by atoms with Gasteiger partial charge in [-0.05, 0) is 59.1 Å². The van der Waals surface area contributed by atoms with Crippen LogP contribution in [-0.2, 0) is 22.4 Å². The molecule has 2 aromatic carbocycles. The van der Waals surface area contributed by atoms with Gasteiger partial charge in [-0.1, -0.05) is 29.8 Å². The molecule has 0 aromatic heterocycles. The lowest BCUT2D eigenvalue weighted by atomic mass is 9.75. The highest BCUT2D eigenvalue weighted by molar-refractivity contribution is 6.62. The van der Waals surface area contributed by atoms with Gasteiger partial charge in [0.05, 0.1) is 11.2 Å². The number of hydrogen-bond acceptors (Lipinski definition) is 3. The molecule has 0 N–H and O–H groups in total. The van der Waals surface area contributed by atoms with Crippen LogP contribution in [0.5, 0.6) is 0 Å². The summed E-state index contributed by atoms with van der Waals surface area (Å²) in [4.78, 5) is 0. The zero-order valence-corrected chi connectivity index (χ0v) is 17.1. The first kappa shape index (κ1) is 18.7. The fraction of sp³-hybridized carbons (Fsp3) is 0.455. The normalized spacial score (nSPS) is 25.7. The highest BCUT2D eigenvalue weighted by atomic mass is 16.7. The second-order valence-corrected chi connectivity index (χ2v) is 9.06. The van der Waals surface area contributed by atoms with Gasteiger partial charge in [-0.15, -0.1) is 0 Å². The second-order valence-electron chi connectivity index (χ2n) is 9.06. The van der Waals surface area contributed by atoms with E-state index in [1.807, 2.05) is 52.8 Å². The van der Waals surface area contributed by atoms with Gasteiger partial charge >= 0.3 is 7.12 Å². The van der Waals surface area contributed by atoms with Crippen LogP contribution in [0.25, 0.3) is 0 Å². The van der Waals surface area contributed by atoms with Crippen molar-refractivity contribution in [2.75, 3.05) is 0 Å². The van der Waals surface area contributed by atoms with Gasteiger partial charge in [0, 0.05) is 16.7 Å². The van der Waals surface area contributed by atoms with Crippen molar-refractivity contribution < 1.29 is 9.31 Å². The minimum atomic E-state index is -0.450. The second kappa shape index (κ2) is 5.92. The Balaban J connectivity index is 1.70. The van der Waals surface area contributed by atoms with Crippen LogP contribution in [-0.4, -0.2) is 18.3 Å². The lowest BCUT2D eigenvalue weighted by Gasteiger charge is -2.39. The van der Waals surface area contributed by atoms with E-state index >= 15 is 0 Å². The van der Waals surface area contributed by atoms with Crippen LogP contribution in [0.3, 0.4) is 0 Å². The smallest absolute Gasteiger partial charge is 0.495 e. The monoisotopic (exact) mass is 365 g/mol. The molecule has 5 heteroatoms. The standard InChI is InChI=1S/C22H28BNO3/c1-15-10-11-17-13-24(25,14-18(17)12-15)20-9-7-8-19(16(20)2)23-26-21(3,4)22(5,6)27-23/h7-12H,13-14H2,1-6H3. The Labute approximate surface area is 162 Å². The third-order valence-electron chi connectivity index (χ3n) is 6.51. The van der Waals surface area contributed by atoms with E-state index in [2.05, 4.69) is 25.1 Å². The molecule has 1 fully saturated rings. The van der Waals surface area contributed by atoms with Gasteiger partial charge in [-0.3, -0.25) is 0 Å². The summed E-state index contributed by atoms with van der Waals surface area (Å²) in [5, 5.41) is 13.8. The van der Waals surface area contributed by atoms with Crippen molar-refractivity contribution in [2.24, 2.45) is 0 Å². The van der Waals surface area contributed by atoms with Crippen molar-refractivity contribution in [1.29, 1.82) is 0 Å². The third kappa shape index (κ3) is 2.94. The molecule has 4 rings (SSSR count). The first-order chi connectivity index (χ1) is 12.5. The quantitative estimate of drug-likeness (QED) is 0.457. The van der Waals surface area contributed by atoms with Crippen LogP contribution >= 0.6 is 0 Å². The number of fused-ring (bicyclic) bond motifs is 1. The predicted octanol–water partition coefficient (Wildman–Crippen LogP) is 4.12. The van der Waals surface area contributed by atoms with Crippen LogP contribution in [0.2, 0.25) is 0 Å². The summed E-state index contributed by atoms with van der Waals surface area (Å²) < 4.78 is 12.1. The van der Waals surface area contributed by atoms with Gasteiger partial charge in [0.25, 0.3) is 0 Å². The van der Waals surface area contributed by atoms with Gasteiger partial charge in [-0.2, -0.15) is 0 Å². The number of rotatable bonds is 2. The fourth-order valence-electron chi connectivity index (χ4n) is 4.14. The highest BCUT2D eigenvalue weighted by Gasteiger charge is 2.52. The molecular weight excluding hydrogens is 337 g/mol. The first-order valence-electron chi connectivity index (χ1n) is 9.65. The Kier molecular flexibility index (Phi) is 4.10. The van der Waals surface area contributed by atoms with Gasteiger partial charge in [0.1, 0.15) is 18.8 Å². The van der Waals surface area contributed by atoms with Gasteiger partial charge in [0.15, 0.2) is 0 Å². The summed E-state index contributed by atoms with van der Waals surface area (Å²) in [7, 11) is -0.450. The average Bonchev–Trinajstić information content (AvgIpc) is 3.00. The van der Waals surface area contributed by atoms with E-state index in [1.54, 1.807) is 0 Å². The summed E-state index contributed by atoms with van der Waals surface area (Å²) in [5.74, 6) is 0. The van der Waals surface area contributed by atoms with Crippen molar-refractivity contribution >= 4 is 18.3 Å². The molecule has 2 aliphatic rings. The Morgan fingerprint density at radius 2 is 1.56 bits per heavy atom. The molecule has 1 atom stereocenters. The molecule has 1 saturated heterocycles. The molecule has 27 heavy (non-hydrogen) atoms. The maximum absolute atomic E-state index is 13.8. The van der Waals surface area contributed by atoms with Crippen LogP contribution in [0.1, 0.15) is 49.9 Å². The highest BCUT2D eigenvalue weighted by Crippen LogP contribution is 2.39. The molecule has 0 radical (unpaired) electrons. The number of quaternary nitrogens is 1. The molecule has 2 aliphatic heterocycles. The van der Waals surface area contributed by atoms with Crippen LogP contribution in [0.4, 0.5) is 5.69 Å². The van der Waals surface area contributed by atoms with Crippen LogP contribution in [0, 0.1) is 19.1 Å². The lowest BCUT2D eigenvalue weighted by molar-refractivity contribution is 0.00578. The fourth-order valence-corrected chi connectivity index (χ4v) is 4.14. The van der Waals surface area contributed by atoms with Gasteiger partial charge in [0.2, 0.25) is 0 Å². The molecule has 0 spiro atoms. The van der Waals surface area contributed by atoms with E-state index in [4.69, 9.17) is 9.31 Å². The van der Waals surface area contributed by atoms with Gasteiger partial charge in [-0.25, -0.2) is 0 Å². The molecule has 4 nitrogen and oxygen atoms in total. The molecule has 0 bridgehead atoms. The zero-order valence-electron chi connectivity index (χ0n) is 17.1. The number of benzene rings is 2. The molecular formula is C22H28BNO3. The minimum Gasteiger partial charge on any atom is -0.627 e. The first-order valence-corrected chi connectivity index (χ1v) is 9.65. The summed E-state index contributed by atoms with van der Waals surface area (Å²) in [6.45, 7) is 13.2. The average molecular weight is 365 g/mol. The summed E-state index contributed by atoms with van der Waals surface area (Å²) in [5.41, 5.74) is 5.43. The summed E-state index contributed by atoms with van der Waals surface area (Å²) in [6, 6.07) is 12.2. The number of nitrogens with zero attached hydrogens (tertiary/aromatic N) is 1. The van der Waals surface area contributed by atoms with E-state index in [1.165, 1.54) is 5.56 Å². The van der Waals surface area contributed by atoms with E-state index < -0.39 is 18.3 Å². The molecule has 0 amide bonds. The van der Waals surface area contributed by atoms with Crippen molar-refractivity contribution in [1.82, 2.24) is 4.65 Å². The molecule has 2 heterocycles. The van der Waals surface area contributed by atoms with Crippen molar-refractivity contribution in [3.05, 3.63) is 63.9 Å². The zero-order chi connectivity index (χ0) is 19.6. The van der Waals surface area contributed by atoms with Crippen LogP contribution in [0.15, 0.2) is 36.4 Å². The Bertz CT molecular complexity index is 892. The maximum Gasteiger partial charge on any atom is 0.495 e. The van der Waals surface area contributed by atoms with Crippen molar-refractivity contribution in [3.8, 4) is 0 Å². The molecule has 1 unspecified atom stereocenters. The largest absolute Gasteiger partial charge is 0.627 e. The van der Waals surface area contributed by atoms with E-state index in [0.717, 1.165) is 27.8 Å². The topological polar surface area (TPSA) is 41.5 Å². The predicted molar refractivity (Wildman–Crippen MR) is 111 cm³/mol. The Morgan fingerprint density at radius 1 is 0.926 bits per heavy atom. The SMILES string of the molecule is Cc1ccc2c(c1)C[N+]([O-])(c1cccc(B3OC(C)(C)C(C)(C)O3)c1C)C2. The van der Waals surface area contributed by atoms with Crippen molar-refractivity contribution in [3.63, 3.8) is 0 Å². The van der Waals surface area contributed by atoms with E-state index in [-0.39, 0.29) is 4.65 Å². The molecule has 142 valence electrons. The van der Waals surface area contributed by atoms with Crippen molar-refractivity contribution in [2.45, 2.75) is 65.8 Å². The number of hydrogen-bond donors (Lipinski definition) is 0. The number of hydroxylamine groups is 2. The summed E-state index contributed by atoms with van der Waals surface area (Å²) >= 11 is 0. The number of aryl methyl sites for hydroxylation is 1. The Hall–Kier alpha value is -1.66. The Morgan fingerprint density at radius 3 is 2.22 bits per heavy atom. The lowest BCUT2D eigenvalue weighted by Crippen LogP contribution is -2.41. The molecule has 0 saturated carbocycles. The van der Waals surface area contributed by atoms with E-state index in [9.17, 15) is 5.21 Å². The van der Waals surface area contributed by atoms with Gasteiger partial charge < -0.3 is 19.2 Å². The molecule has 0 aliphatic carbocycles. The molecule has 2 aromatic rings.